The molecule has 0 aliphatic heterocycles. The Balaban J connectivity index is 2.96. The fraction of sp³-hybridized carbons (Fsp3) is 0.889. The Hall–Kier alpha value is -0.570. The summed E-state index contributed by atoms with van der Waals surface area (Å²) in [6, 6.07) is 0. The molecule has 3 nitrogen and oxygen atoms in total. The summed E-state index contributed by atoms with van der Waals surface area (Å²) in [6.45, 7) is 7.13. The van der Waals surface area contributed by atoms with Crippen molar-refractivity contribution in [1.82, 2.24) is 5.32 Å². The molecule has 12 heavy (non-hydrogen) atoms. The van der Waals surface area contributed by atoms with Crippen LogP contribution in [0.1, 0.15) is 33.6 Å². The summed E-state index contributed by atoms with van der Waals surface area (Å²) in [4.78, 5) is 10.4. The molecule has 0 saturated carbocycles. The van der Waals surface area contributed by atoms with Crippen molar-refractivity contribution in [1.29, 1.82) is 0 Å². The van der Waals surface area contributed by atoms with Gasteiger partial charge in [-0.05, 0) is 26.7 Å². The Morgan fingerprint density at radius 2 is 2.08 bits per heavy atom. The Morgan fingerprint density at radius 1 is 1.42 bits per heavy atom. The zero-order chi connectivity index (χ0) is 9.40. The fourth-order valence-electron chi connectivity index (χ4n) is 0.811. The molecule has 0 fully saturated rings. The van der Waals surface area contributed by atoms with Crippen LogP contribution >= 0.6 is 0 Å². The van der Waals surface area contributed by atoms with Gasteiger partial charge < -0.3 is 10.1 Å². The molecule has 1 amide bonds. The van der Waals surface area contributed by atoms with Crippen LogP contribution in [0.15, 0.2) is 0 Å². The van der Waals surface area contributed by atoms with Gasteiger partial charge in [-0.15, -0.1) is 0 Å². The number of carbonyl (C=O) groups excluding carboxylic acids is 1. The van der Waals surface area contributed by atoms with Crippen LogP contribution in [0.3, 0.4) is 0 Å². The normalized spacial score (nSPS) is 10.3. The SMILES string of the molecule is CC(=O)NCCCCOC(C)C. The third-order valence-corrected chi connectivity index (χ3v) is 1.40. The van der Waals surface area contributed by atoms with E-state index < -0.39 is 0 Å². The number of ether oxygens (including phenoxy) is 1. The molecule has 0 aromatic heterocycles. The topological polar surface area (TPSA) is 38.3 Å². The summed E-state index contributed by atoms with van der Waals surface area (Å²) >= 11 is 0. The Bertz CT molecular complexity index is 124. The summed E-state index contributed by atoms with van der Waals surface area (Å²) in [5.74, 6) is 0.0415. The number of hydrogen-bond donors (Lipinski definition) is 1. The third kappa shape index (κ3) is 9.43. The van der Waals surface area contributed by atoms with Crippen molar-refractivity contribution in [3.05, 3.63) is 0 Å². The van der Waals surface area contributed by atoms with Crippen molar-refractivity contribution in [2.45, 2.75) is 39.7 Å². The summed E-state index contributed by atoms with van der Waals surface area (Å²) in [7, 11) is 0. The van der Waals surface area contributed by atoms with Crippen molar-refractivity contribution in [2.24, 2.45) is 0 Å². The van der Waals surface area contributed by atoms with Crippen LogP contribution < -0.4 is 5.32 Å². The van der Waals surface area contributed by atoms with Gasteiger partial charge in [0.2, 0.25) is 5.91 Å². The molecular formula is C9H19NO2. The summed E-state index contributed by atoms with van der Waals surface area (Å²) < 4.78 is 5.34. The first-order valence-corrected chi connectivity index (χ1v) is 4.49. The largest absolute Gasteiger partial charge is 0.379 e. The molecule has 0 rings (SSSR count). The fourth-order valence-corrected chi connectivity index (χ4v) is 0.811. The minimum atomic E-state index is 0.0415. The smallest absolute Gasteiger partial charge is 0.216 e. The van der Waals surface area contributed by atoms with E-state index in [2.05, 4.69) is 5.32 Å². The molecule has 0 spiro atoms. The lowest BCUT2D eigenvalue weighted by atomic mass is 10.3. The highest BCUT2D eigenvalue weighted by Gasteiger charge is 1.93. The first-order valence-electron chi connectivity index (χ1n) is 4.49. The highest BCUT2D eigenvalue weighted by molar-refractivity contribution is 5.72. The lowest BCUT2D eigenvalue weighted by Crippen LogP contribution is -2.21. The molecular weight excluding hydrogens is 154 g/mol. The Kier molecular flexibility index (Phi) is 6.76. The molecule has 72 valence electrons. The van der Waals surface area contributed by atoms with E-state index in [4.69, 9.17) is 4.74 Å². The highest BCUT2D eigenvalue weighted by atomic mass is 16.5. The van der Waals surface area contributed by atoms with E-state index in [9.17, 15) is 4.79 Å². The van der Waals surface area contributed by atoms with Gasteiger partial charge in [0.1, 0.15) is 0 Å². The van der Waals surface area contributed by atoms with Gasteiger partial charge in [-0.1, -0.05) is 0 Å². The molecule has 0 saturated heterocycles. The first-order chi connectivity index (χ1) is 5.63. The molecule has 1 N–H and O–H groups in total. The van der Waals surface area contributed by atoms with E-state index in [1.165, 1.54) is 6.92 Å². The van der Waals surface area contributed by atoms with Gasteiger partial charge in [0.05, 0.1) is 6.10 Å². The van der Waals surface area contributed by atoms with E-state index in [-0.39, 0.29) is 5.91 Å². The molecule has 0 atom stereocenters. The molecule has 0 aromatic rings. The van der Waals surface area contributed by atoms with Crippen molar-refractivity contribution < 1.29 is 9.53 Å². The van der Waals surface area contributed by atoms with Gasteiger partial charge in [-0.25, -0.2) is 0 Å². The standard InChI is InChI=1S/C9H19NO2/c1-8(2)12-7-5-4-6-10-9(3)11/h8H,4-7H2,1-3H3,(H,10,11). The summed E-state index contributed by atoms with van der Waals surface area (Å²) in [5, 5.41) is 2.74. The zero-order valence-electron chi connectivity index (χ0n) is 8.22. The molecule has 0 aromatic carbocycles. The van der Waals surface area contributed by atoms with Crippen LogP contribution in [0.5, 0.6) is 0 Å². The van der Waals surface area contributed by atoms with Crippen LogP contribution in [0, 0.1) is 0 Å². The maximum atomic E-state index is 10.4. The lowest BCUT2D eigenvalue weighted by molar-refractivity contribution is -0.118. The summed E-state index contributed by atoms with van der Waals surface area (Å²) in [6.07, 6.45) is 2.32. The van der Waals surface area contributed by atoms with E-state index in [0.29, 0.717) is 6.10 Å². The van der Waals surface area contributed by atoms with E-state index in [0.717, 1.165) is 26.0 Å². The minimum absolute atomic E-state index is 0.0415. The third-order valence-electron chi connectivity index (χ3n) is 1.40. The second-order valence-corrected chi connectivity index (χ2v) is 3.11. The van der Waals surface area contributed by atoms with Crippen molar-refractivity contribution in [3.8, 4) is 0 Å². The predicted molar refractivity (Wildman–Crippen MR) is 49.0 cm³/mol. The average molecular weight is 173 g/mol. The first kappa shape index (κ1) is 11.4. The molecule has 0 aliphatic rings. The van der Waals surface area contributed by atoms with Gasteiger partial charge in [-0.2, -0.15) is 0 Å². The highest BCUT2D eigenvalue weighted by Crippen LogP contribution is 1.92. The molecule has 0 aliphatic carbocycles. The second-order valence-electron chi connectivity index (χ2n) is 3.11. The average Bonchev–Trinajstić information content (AvgIpc) is 1.95. The minimum Gasteiger partial charge on any atom is -0.379 e. The monoisotopic (exact) mass is 173 g/mol. The van der Waals surface area contributed by atoms with Gasteiger partial charge in [0.15, 0.2) is 0 Å². The maximum absolute atomic E-state index is 10.4. The number of hydrogen-bond acceptors (Lipinski definition) is 2. The van der Waals surface area contributed by atoms with E-state index in [1.54, 1.807) is 0 Å². The van der Waals surface area contributed by atoms with Gasteiger partial charge in [-0.3, -0.25) is 4.79 Å². The number of amides is 1. The Morgan fingerprint density at radius 3 is 2.58 bits per heavy atom. The van der Waals surface area contributed by atoms with Crippen molar-refractivity contribution in [2.75, 3.05) is 13.2 Å². The number of rotatable bonds is 6. The van der Waals surface area contributed by atoms with Crippen LogP contribution in [-0.4, -0.2) is 25.2 Å². The van der Waals surface area contributed by atoms with E-state index >= 15 is 0 Å². The second kappa shape index (κ2) is 7.10. The van der Waals surface area contributed by atoms with Crippen molar-refractivity contribution in [3.63, 3.8) is 0 Å². The molecule has 0 radical (unpaired) electrons. The number of unbranched alkanes of at least 4 members (excludes halogenated alkanes) is 1. The van der Waals surface area contributed by atoms with Crippen LogP contribution in [0.4, 0.5) is 0 Å². The molecule has 0 bridgehead atoms. The van der Waals surface area contributed by atoms with E-state index in [1.807, 2.05) is 13.8 Å². The summed E-state index contributed by atoms with van der Waals surface area (Å²) in [5.41, 5.74) is 0. The van der Waals surface area contributed by atoms with Crippen LogP contribution in [0.25, 0.3) is 0 Å². The molecule has 0 heterocycles. The molecule has 3 heteroatoms. The van der Waals surface area contributed by atoms with Crippen LogP contribution in [-0.2, 0) is 9.53 Å². The lowest BCUT2D eigenvalue weighted by Gasteiger charge is -2.06. The van der Waals surface area contributed by atoms with Gasteiger partial charge in [0.25, 0.3) is 0 Å². The number of nitrogens with one attached hydrogen (secondary N) is 1. The van der Waals surface area contributed by atoms with Gasteiger partial charge >= 0.3 is 0 Å². The maximum Gasteiger partial charge on any atom is 0.216 e. The zero-order valence-corrected chi connectivity index (χ0v) is 8.22. The van der Waals surface area contributed by atoms with Crippen LogP contribution in [0.2, 0.25) is 0 Å². The Labute approximate surface area is 74.5 Å². The van der Waals surface area contributed by atoms with Gasteiger partial charge in [0, 0.05) is 20.1 Å². The number of carbonyl (C=O) groups is 1. The molecule has 0 unspecified atom stereocenters. The van der Waals surface area contributed by atoms with Crippen molar-refractivity contribution >= 4 is 5.91 Å². The predicted octanol–water partition coefficient (Wildman–Crippen LogP) is 1.33. The quantitative estimate of drug-likeness (QED) is 0.615.